The van der Waals surface area contributed by atoms with Crippen LogP contribution in [0.5, 0.6) is 0 Å². The number of benzene rings is 1. The molecule has 0 radical (unpaired) electrons. The van der Waals surface area contributed by atoms with E-state index >= 15 is 0 Å². The zero-order valence-electron chi connectivity index (χ0n) is 22.6. The Bertz CT molecular complexity index is 951. The highest BCUT2D eigenvalue weighted by Crippen LogP contribution is 2.41. The predicted molar refractivity (Wildman–Crippen MR) is 138 cm³/mol. The van der Waals surface area contributed by atoms with Gasteiger partial charge < -0.3 is 25.4 Å². The molecule has 3 N–H and O–H groups in total. The minimum atomic E-state index is -1.22. The normalized spacial score (nSPS) is 21.8. The number of hydrogen-bond donors (Lipinski definition) is 3. The topological polar surface area (TPSA) is 108 Å². The number of aryl methyl sites for hydroxylation is 2. The fraction of sp³-hybridized carbons (Fsp3) is 0.679. The van der Waals surface area contributed by atoms with Crippen molar-refractivity contribution < 1.29 is 24.2 Å². The summed E-state index contributed by atoms with van der Waals surface area (Å²) in [6, 6.07) is 3.68. The van der Waals surface area contributed by atoms with Crippen LogP contribution >= 0.6 is 0 Å². The quantitative estimate of drug-likeness (QED) is 0.500. The molecule has 1 aromatic carbocycles. The van der Waals surface area contributed by atoms with Crippen LogP contribution in [0.25, 0.3) is 0 Å². The monoisotopic (exact) mass is 501 g/mol. The molecule has 8 heteroatoms. The van der Waals surface area contributed by atoms with Crippen molar-refractivity contribution in [2.45, 2.75) is 110 Å². The average Bonchev–Trinajstić information content (AvgIpc) is 3.52. The maximum absolute atomic E-state index is 13.9. The zero-order valence-corrected chi connectivity index (χ0v) is 22.6. The van der Waals surface area contributed by atoms with Crippen molar-refractivity contribution in [1.82, 2.24) is 15.5 Å². The predicted octanol–water partition coefficient (Wildman–Crippen LogP) is 3.92. The number of rotatable bonds is 8. The molecule has 4 atom stereocenters. The van der Waals surface area contributed by atoms with E-state index < -0.39 is 36.3 Å². The number of nitrogens with one attached hydrogen (secondary N) is 2. The summed E-state index contributed by atoms with van der Waals surface area (Å²) in [4.78, 5) is 41.7. The van der Waals surface area contributed by atoms with Crippen LogP contribution in [0.1, 0.15) is 89.0 Å². The number of carbonyl (C=O) groups is 3. The molecule has 2 aliphatic rings. The first-order chi connectivity index (χ1) is 16.9. The molecular formula is C28H43N3O5. The number of aliphatic hydroxyl groups excluding tert-OH is 1. The van der Waals surface area contributed by atoms with Gasteiger partial charge in [0, 0.05) is 12.1 Å². The van der Waals surface area contributed by atoms with Crippen LogP contribution in [0.2, 0.25) is 0 Å². The van der Waals surface area contributed by atoms with Gasteiger partial charge in [-0.2, -0.15) is 0 Å². The lowest BCUT2D eigenvalue weighted by atomic mass is 9.94. The van der Waals surface area contributed by atoms with Crippen LogP contribution in [0.3, 0.4) is 0 Å². The fourth-order valence-electron chi connectivity index (χ4n) is 4.89. The molecule has 0 saturated heterocycles. The highest BCUT2D eigenvalue weighted by molar-refractivity contribution is 5.92. The minimum absolute atomic E-state index is 0.0856. The zero-order chi connectivity index (χ0) is 26.6. The van der Waals surface area contributed by atoms with E-state index in [4.69, 9.17) is 4.74 Å². The highest BCUT2D eigenvalue weighted by Gasteiger charge is 2.48. The van der Waals surface area contributed by atoms with Gasteiger partial charge in [-0.3, -0.25) is 9.59 Å². The molecule has 3 amide bonds. The van der Waals surface area contributed by atoms with Gasteiger partial charge in [0.2, 0.25) is 11.8 Å². The van der Waals surface area contributed by atoms with Gasteiger partial charge in [-0.15, -0.1) is 0 Å². The maximum atomic E-state index is 13.9. The molecule has 36 heavy (non-hydrogen) atoms. The standard InChI is InChI=1S/C28H43N3O5/c1-17-12-13-20(14-18(17)2)24(25(33)29-21-10-8-7-9-11-21)31(23-15-19(23)3)26(34)22(16-32)30-27(35)36-28(4,5)6/h12-14,19,21-24,32H,7-11,15-16H2,1-6H3,(H,29,33)(H,30,35). The summed E-state index contributed by atoms with van der Waals surface area (Å²) in [5.41, 5.74) is 2.11. The van der Waals surface area contributed by atoms with E-state index in [1.807, 2.05) is 39.0 Å². The molecule has 0 spiro atoms. The lowest BCUT2D eigenvalue weighted by molar-refractivity contribution is -0.144. The second-order valence-corrected chi connectivity index (χ2v) is 11.5. The Morgan fingerprint density at radius 1 is 1.11 bits per heavy atom. The molecule has 1 aromatic rings. The van der Waals surface area contributed by atoms with Crippen LogP contribution < -0.4 is 10.6 Å². The third-order valence-electron chi connectivity index (χ3n) is 7.18. The third kappa shape index (κ3) is 7.21. The van der Waals surface area contributed by atoms with Crippen molar-refractivity contribution in [3.63, 3.8) is 0 Å². The summed E-state index contributed by atoms with van der Waals surface area (Å²) in [6.07, 6.45) is 5.16. The van der Waals surface area contributed by atoms with Crippen molar-refractivity contribution >= 4 is 17.9 Å². The van der Waals surface area contributed by atoms with Gasteiger partial charge >= 0.3 is 6.09 Å². The van der Waals surface area contributed by atoms with Gasteiger partial charge in [0.15, 0.2) is 0 Å². The Morgan fingerprint density at radius 3 is 2.28 bits per heavy atom. The number of alkyl carbamates (subject to hydrolysis) is 1. The van der Waals surface area contributed by atoms with Gasteiger partial charge in [-0.1, -0.05) is 44.4 Å². The summed E-state index contributed by atoms with van der Waals surface area (Å²) in [5, 5.41) is 15.8. The molecule has 0 bridgehead atoms. The first kappa shape index (κ1) is 28.0. The van der Waals surface area contributed by atoms with E-state index in [0.717, 1.165) is 48.8 Å². The molecule has 4 unspecified atom stereocenters. The minimum Gasteiger partial charge on any atom is -0.444 e. The molecule has 0 aliphatic heterocycles. The van der Waals surface area contributed by atoms with E-state index in [0.29, 0.717) is 0 Å². The molecule has 3 rings (SSSR count). The number of ether oxygens (including phenoxy) is 1. The summed E-state index contributed by atoms with van der Waals surface area (Å²) >= 11 is 0. The first-order valence-corrected chi connectivity index (χ1v) is 13.2. The lowest BCUT2D eigenvalue weighted by Crippen LogP contribution is -2.56. The van der Waals surface area contributed by atoms with E-state index in [1.165, 1.54) is 6.42 Å². The van der Waals surface area contributed by atoms with Crippen molar-refractivity contribution in [3.8, 4) is 0 Å². The van der Waals surface area contributed by atoms with E-state index in [9.17, 15) is 19.5 Å². The third-order valence-corrected chi connectivity index (χ3v) is 7.18. The van der Waals surface area contributed by atoms with Gasteiger partial charge in [-0.25, -0.2) is 4.79 Å². The van der Waals surface area contributed by atoms with Crippen LogP contribution in [0.15, 0.2) is 18.2 Å². The first-order valence-electron chi connectivity index (χ1n) is 13.2. The van der Waals surface area contributed by atoms with Crippen molar-refractivity contribution in [2.24, 2.45) is 5.92 Å². The van der Waals surface area contributed by atoms with E-state index in [-0.39, 0.29) is 23.9 Å². The SMILES string of the molecule is Cc1ccc(C(C(=O)NC2CCCCC2)N(C(=O)C(CO)NC(=O)OC(C)(C)C)C2CC2C)cc1C. The van der Waals surface area contributed by atoms with Gasteiger partial charge in [0.25, 0.3) is 0 Å². The number of aliphatic hydroxyl groups is 1. The number of nitrogens with zero attached hydrogens (tertiary/aromatic N) is 1. The van der Waals surface area contributed by atoms with Crippen molar-refractivity contribution in [1.29, 1.82) is 0 Å². The van der Waals surface area contributed by atoms with Gasteiger partial charge in [0.05, 0.1) is 6.61 Å². The Labute approximate surface area is 215 Å². The van der Waals surface area contributed by atoms with E-state index in [2.05, 4.69) is 10.6 Å². The number of amides is 3. The lowest BCUT2D eigenvalue weighted by Gasteiger charge is -2.36. The van der Waals surface area contributed by atoms with Crippen molar-refractivity contribution in [3.05, 3.63) is 34.9 Å². The fourth-order valence-corrected chi connectivity index (χ4v) is 4.89. The van der Waals surface area contributed by atoms with Crippen LogP contribution in [0, 0.1) is 19.8 Å². The number of carbonyl (C=O) groups excluding carboxylic acids is 3. The van der Waals surface area contributed by atoms with Crippen LogP contribution in [-0.4, -0.2) is 58.2 Å². The highest BCUT2D eigenvalue weighted by atomic mass is 16.6. The number of hydrogen-bond acceptors (Lipinski definition) is 5. The average molecular weight is 502 g/mol. The van der Waals surface area contributed by atoms with E-state index in [1.54, 1.807) is 25.7 Å². The Kier molecular flexibility index (Phi) is 9.03. The molecular weight excluding hydrogens is 458 g/mol. The van der Waals surface area contributed by atoms with Crippen LogP contribution in [-0.2, 0) is 14.3 Å². The summed E-state index contributed by atoms with van der Waals surface area (Å²) in [6.45, 7) is 10.6. The van der Waals surface area contributed by atoms with Crippen molar-refractivity contribution in [2.75, 3.05) is 6.61 Å². The second-order valence-electron chi connectivity index (χ2n) is 11.5. The van der Waals surface area contributed by atoms with Crippen LogP contribution in [0.4, 0.5) is 4.79 Å². The molecule has 0 aromatic heterocycles. The Balaban J connectivity index is 1.94. The molecule has 200 valence electrons. The summed E-state index contributed by atoms with van der Waals surface area (Å²) in [5.74, 6) is -0.488. The summed E-state index contributed by atoms with van der Waals surface area (Å²) in [7, 11) is 0. The van der Waals surface area contributed by atoms with Gasteiger partial charge in [-0.05, 0) is 76.5 Å². The Morgan fingerprint density at radius 2 is 1.75 bits per heavy atom. The largest absolute Gasteiger partial charge is 0.444 e. The van der Waals surface area contributed by atoms with Gasteiger partial charge in [0.1, 0.15) is 17.7 Å². The molecule has 2 saturated carbocycles. The molecule has 0 heterocycles. The smallest absolute Gasteiger partial charge is 0.408 e. The summed E-state index contributed by atoms with van der Waals surface area (Å²) < 4.78 is 5.31. The Hall–Kier alpha value is -2.61. The maximum Gasteiger partial charge on any atom is 0.408 e. The molecule has 8 nitrogen and oxygen atoms in total. The second kappa shape index (κ2) is 11.6. The molecule has 2 fully saturated rings. The molecule has 2 aliphatic carbocycles.